The second-order valence-electron chi connectivity index (χ2n) is 3.61. The number of hydrogen-bond acceptors (Lipinski definition) is 5. The number of aromatic nitrogens is 2. The molecule has 90 valence electrons. The van der Waals surface area contributed by atoms with Crippen LogP contribution in [0.5, 0.6) is 0 Å². The predicted octanol–water partition coefficient (Wildman–Crippen LogP) is 2.65. The molecule has 0 aliphatic heterocycles. The zero-order valence-electron chi connectivity index (χ0n) is 9.22. The highest BCUT2D eigenvalue weighted by atomic mass is 35.5. The van der Waals surface area contributed by atoms with E-state index >= 15 is 0 Å². The number of hydrogen-bond donors (Lipinski definition) is 2. The highest BCUT2D eigenvalue weighted by Crippen LogP contribution is 2.30. The second-order valence-corrected chi connectivity index (χ2v) is 4.89. The largest absolute Gasteiger partial charge is 0.394 e. The van der Waals surface area contributed by atoms with Crippen LogP contribution in [0.3, 0.4) is 0 Å². The maximum atomic E-state index is 9.05. The molecule has 0 spiro atoms. The van der Waals surface area contributed by atoms with Crippen LogP contribution < -0.4 is 5.32 Å². The zero-order chi connectivity index (χ0) is 12.3. The number of anilines is 1. The summed E-state index contributed by atoms with van der Waals surface area (Å²) < 4.78 is 0. The summed E-state index contributed by atoms with van der Waals surface area (Å²) in [6.07, 6.45) is 1.69. The third-order valence-electron chi connectivity index (χ3n) is 2.20. The fraction of sp³-hybridized carbons (Fsp3) is 0.273. The van der Waals surface area contributed by atoms with Gasteiger partial charge in [-0.1, -0.05) is 6.07 Å². The summed E-state index contributed by atoms with van der Waals surface area (Å²) in [5.74, 6) is 0.647. The van der Waals surface area contributed by atoms with E-state index in [2.05, 4.69) is 15.3 Å². The Morgan fingerprint density at radius 2 is 2.41 bits per heavy atom. The molecular weight excluding hydrogens is 258 g/mol. The minimum absolute atomic E-state index is 0.0332. The van der Waals surface area contributed by atoms with Crippen molar-refractivity contribution >= 4 is 28.8 Å². The summed E-state index contributed by atoms with van der Waals surface area (Å²) in [4.78, 5) is 9.21. The molecule has 0 aliphatic carbocycles. The van der Waals surface area contributed by atoms with Gasteiger partial charge in [-0.2, -0.15) is 0 Å². The van der Waals surface area contributed by atoms with Crippen molar-refractivity contribution in [2.45, 2.75) is 13.0 Å². The van der Waals surface area contributed by atoms with Gasteiger partial charge < -0.3 is 10.4 Å². The number of aliphatic hydroxyl groups is 1. The molecule has 0 saturated heterocycles. The predicted molar refractivity (Wildman–Crippen MR) is 70.5 cm³/mol. The van der Waals surface area contributed by atoms with E-state index < -0.39 is 0 Å². The van der Waals surface area contributed by atoms with Crippen LogP contribution in [0.25, 0.3) is 10.4 Å². The smallest absolute Gasteiger partial charge is 0.224 e. The van der Waals surface area contributed by atoms with Gasteiger partial charge in [0.1, 0.15) is 5.82 Å². The van der Waals surface area contributed by atoms with E-state index in [1.54, 1.807) is 17.5 Å². The van der Waals surface area contributed by atoms with Gasteiger partial charge in [-0.15, -0.1) is 11.3 Å². The van der Waals surface area contributed by atoms with Gasteiger partial charge in [0.2, 0.25) is 5.28 Å². The van der Waals surface area contributed by atoms with Gasteiger partial charge in [0.05, 0.1) is 12.2 Å². The molecule has 0 aliphatic rings. The molecule has 2 aromatic rings. The van der Waals surface area contributed by atoms with Crippen LogP contribution in [0, 0.1) is 0 Å². The monoisotopic (exact) mass is 269 g/mol. The Hall–Kier alpha value is -1.17. The van der Waals surface area contributed by atoms with Crippen molar-refractivity contribution in [1.82, 2.24) is 9.97 Å². The molecule has 0 radical (unpaired) electrons. The molecule has 0 saturated carbocycles. The molecule has 0 unspecified atom stereocenters. The third kappa shape index (κ3) is 2.94. The molecule has 0 bridgehead atoms. The number of aliphatic hydroxyl groups excluding tert-OH is 1. The Morgan fingerprint density at radius 3 is 3.06 bits per heavy atom. The van der Waals surface area contributed by atoms with E-state index in [0.717, 1.165) is 10.4 Å². The minimum Gasteiger partial charge on any atom is -0.394 e. The van der Waals surface area contributed by atoms with Crippen molar-refractivity contribution in [1.29, 1.82) is 0 Å². The first-order chi connectivity index (χ1) is 8.20. The summed E-state index contributed by atoms with van der Waals surface area (Å²) >= 11 is 7.39. The quantitative estimate of drug-likeness (QED) is 0.838. The SMILES string of the molecule is C[C@H](CO)Nc1nc(Cl)ncc1-c1cccs1. The number of nitrogens with one attached hydrogen (secondary N) is 1. The Kier molecular flexibility index (Phi) is 3.93. The Balaban J connectivity index is 2.38. The van der Waals surface area contributed by atoms with Gasteiger partial charge in [-0.25, -0.2) is 9.97 Å². The van der Waals surface area contributed by atoms with E-state index in [4.69, 9.17) is 16.7 Å². The Morgan fingerprint density at radius 1 is 1.59 bits per heavy atom. The summed E-state index contributed by atoms with van der Waals surface area (Å²) in [6, 6.07) is 3.87. The van der Waals surface area contributed by atoms with Crippen molar-refractivity contribution in [3.8, 4) is 10.4 Å². The molecular formula is C11H12ClN3OS. The lowest BCUT2D eigenvalue weighted by molar-refractivity contribution is 0.281. The highest BCUT2D eigenvalue weighted by molar-refractivity contribution is 7.13. The maximum absolute atomic E-state index is 9.05. The van der Waals surface area contributed by atoms with E-state index in [0.29, 0.717) is 5.82 Å². The molecule has 0 fully saturated rings. The fourth-order valence-corrected chi connectivity index (χ4v) is 2.23. The van der Waals surface area contributed by atoms with Gasteiger partial charge in [0.15, 0.2) is 0 Å². The van der Waals surface area contributed by atoms with Crippen LogP contribution in [0.4, 0.5) is 5.82 Å². The Bertz CT molecular complexity index is 489. The van der Waals surface area contributed by atoms with Crippen LogP contribution in [0.1, 0.15) is 6.92 Å². The second kappa shape index (κ2) is 5.44. The van der Waals surface area contributed by atoms with Crippen LogP contribution in [0.15, 0.2) is 23.7 Å². The van der Waals surface area contributed by atoms with E-state index in [1.165, 1.54) is 0 Å². The average molecular weight is 270 g/mol. The molecule has 2 N–H and O–H groups in total. The molecule has 0 aromatic carbocycles. The first-order valence-electron chi connectivity index (χ1n) is 5.14. The van der Waals surface area contributed by atoms with Crippen molar-refractivity contribution in [2.24, 2.45) is 0 Å². The molecule has 2 aromatic heterocycles. The number of halogens is 1. The number of nitrogens with zero attached hydrogens (tertiary/aromatic N) is 2. The number of rotatable bonds is 4. The van der Waals surface area contributed by atoms with Gasteiger partial charge in [-0.3, -0.25) is 0 Å². The maximum Gasteiger partial charge on any atom is 0.224 e. The number of thiophene rings is 1. The molecule has 4 nitrogen and oxygen atoms in total. The topological polar surface area (TPSA) is 58.0 Å². The molecule has 2 rings (SSSR count). The van der Waals surface area contributed by atoms with Crippen molar-refractivity contribution in [3.05, 3.63) is 29.0 Å². The molecule has 0 amide bonds. The minimum atomic E-state index is -0.0836. The van der Waals surface area contributed by atoms with Crippen LogP contribution in [0.2, 0.25) is 5.28 Å². The van der Waals surface area contributed by atoms with Gasteiger partial charge in [-0.05, 0) is 30.0 Å². The lowest BCUT2D eigenvalue weighted by Gasteiger charge is -2.14. The van der Waals surface area contributed by atoms with Crippen LogP contribution in [-0.4, -0.2) is 27.7 Å². The molecule has 6 heteroatoms. The summed E-state index contributed by atoms with van der Waals surface area (Å²) in [5.41, 5.74) is 0.893. The summed E-state index contributed by atoms with van der Waals surface area (Å²) in [6.45, 7) is 1.90. The first kappa shape index (κ1) is 12.3. The van der Waals surface area contributed by atoms with Crippen molar-refractivity contribution in [2.75, 3.05) is 11.9 Å². The van der Waals surface area contributed by atoms with Gasteiger partial charge >= 0.3 is 0 Å². The lowest BCUT2D eigenvalue weighted by Crippen LogP contribution is -2.20. The average Bonchev–Trinajstić information content (AvgIpc) is 2.82. The molecule has 17 heavy (non-hydrogen) atoms. The fourth-order valence-electron chi connectivity index (χ4n) is 1.36. The normalized spacial score (nSPS) is 12.4. The van der Waals surface area contributed by atoms with Crippen molar-refractivity contribution < 1.29 is 5.11 Å². The first-order valence-corrected chi connectivity index (χ1v) is 6.40. The molecule has 2 heterocycles. The van der Waals surface area contributed by atoms with Gasteiger partial charge in [0.25, 0.3) is 0 Å². The van der Waals surface area contributed by atoms with E-state index in [9.17, 15) is 0 Å². The van der Waals surface area contributed by atoms with Gasteiger partial charge in [0, 0.05) is 17.1 Å². The lowest BCUT2D eigenvalue weighted by atomic mass is 10.2. The van der Waals surface area contributed by atoms with E-state index in [-0.39, 0.29) is 17.9 Å². The van der Waals surface area contributed by atoms with Crippen LogP contribution >= 0.6 is 22.9 Å². The summed E-state index contributed by atoms with van der Waals surface area (Å²) in [7, 11) is 0. The third-order valence-corrected chi connectivity index (χ3v) is 3.29. The Labute approximate surface area is 108 Å². The van der Waals surface area contributed by atoms with Crippen molar-refractivity contribution in [3.63, 3.8) is 0 Å². The highest BCUT2D eigenvalue weighted by Gasteiger charge is 2.11. The van der Waals surface area contributed by atoms with Crippen LogP contribution in [-0.2, 0) is 0 Å². The molecule has 1 atom stereocenters. The standard InChI is InChI=1S/C11H12ClN3OS/c1-7(6-16)14-10-8(5-13-11(12)15-10)9-3-2-4-17-9/h2-5,7,16H,6H2,1H3,(H,13,14,15)/t7-/m1/s1. The zero-order valence-corrected chi connectivity index (χ0v) is 10.8. The summed E-state index contributed by atoms with van der Waals surface area (Å²) in [5, 5.41) is 14.3. The van der Waals surface area contributed by atoms with E-state index in [1.807, 2.05) is 24.4 Å².